The van der Waals surface area contributed by atoms with Crippen LogP contribution in [0, 0.1) is 0 Å². The third kappa shape index (κ3) is 8.46. The quantitative estimate of drug-likeness (QED) is 0.144. The summed E-state index contributed by atoms with van der Waals surface area (Å²) in [6, 6.07) is 103. The van der Waals surface area contributed by atoms with Gasteiger partial charge in [0.2, 0.25) is 0 Å². The highest BCUT2D eigenvalue weighted by Crippen LogP contribution is 2.63. The van der Waals surface area contributed by atoms with Gasteiger partial charge in [0.25, 0.3) is 0 Å². The van der Waals surface area contributed by atoms with Gasteiger partial charge in [-0.1, -0.05) is 240 Å². The van der Waals surface area contributed by atoms with Crippen LogP contribution >= 0.6 is 0 Å². The Labute approximate surface area is 469 Å². The molecule has 2 heterocycles. The van der Waals surface area contributed by atoms with Crippen molar-refractivity contribution in [2.75, 3.05) is 9.80 Å². The van der Waals surface area contributed by atoms with E-state index in [1.54, 1.807) is 0 Å². The molecule has 1 unspecified atom stereocenters. The largest absolute Gasteiger partial charge is 0.310 e. The van der Waals surface area contributed by atoms with E-state index in [0.717, 1.165) is 56.4 Å². The molecule has 1 atom stereocenters. The van der Waals surface area contributed by atoms with Crippen LogP contribution in [0.2, 0.25) is 0 Å². The van der Waals surface area contributed by atoms with Crippen LogP contribution < -0.4 is 9.80 Å². The molecular formula is C75H59N5. The van der Waals surface area contributed by atoms with E-state index in [0.29, 0.717) is 17.5 Å². The van der Waals surface area contributed by atoms with E-state index < -0.39 is 10.8 Å². The topological polar surface area (TPSA) is 45.2 Å². The van der Waals surface area contributed by atoms with Crippen molar-refractivity contribution in [3.63, 3.8) is 0 Å². The number of anilines is 6. The monoisotopic (exact) mass is 1030 g/mol. The molecule has 1 aliphatic carbocycles. The van der Waals surface area contributed by atoms with Crippen LogP contribution in [0.15, 0.2) is 285 Å². The van der Waals surface area contributed by atoms with Crippen molar-refractivity contribution in [1.82, 2.24) is 15.0 Å². The maximum absolute atomic E-state index is 5.31. The van der Waals surface area contributed by atoms with Crippen molar-refractivity contribution < 1.29 is 0 Å². The molecule has 1 aromatic heterocycles. The maximum atomic E-state index is 5.31. The zero-order valence-corrected chi connectivity index (χ0v) is 45.4. The van der Waals surface area contributed by atoms with Gasteiger partial charge in [0.05, 0.1) is 16.8 Å². The molecule has 0 fully saturated rings. The van der Waals surface area contributed by atoms with E-state index in [-0.39, 0.29) is 0 Å². The molecule has 0 saturated carbocycles. The average Bonchev–Trinajstić information content (AvgIpc) is 1.47. The summed E-state index contributed by atoms with van der Waals surface area (Å²) < 4.78 is 0. The van der Waals surface area contributed by atoms with Crippen molar-refractivity contribution in [2.24, 2.45) is 0 Å². The van der Waals surface area contributed by atoms with Gasteiger partial charge in [0.1, 0.15) is 0 Å². The maximum Gasteiger partial charge on any atom is 0.164 e. The summed E-state index contributed by atoms with van der Waals surface area (Å²) in [5, 5.41) is 0. The van der Waals surface area contributed by atoms with Crippen molar-refractivity contribution in [1.29, 1.82) is 0 Å². The van der Waals surface area contributed by atoms with E-state index in [9.17, 15) is 0 Å². The SMILES string of the molecule is CC.CC1(C)c2ccccc2C2(c3ccccc3N(c3ccccc3)c3ccc(-c4nc(-c5ccccc5)nc(-c5ccccc5)n4)cc32)c2ccc(N(c3ccc(-c4ccccc4)cc3)c3ccc(-c4ccccc4)cc3)cc21. The molecule has 1 spiro atoms. The minimum atomic E-state index is -0.787. The number of para-hydroxylation sites is 2. The summed E-state index contributed by atoms with van der Waals surface area (Å²) in [5.74, 6) is 1.86. The lowest BCUT2D eigenvalue weighted by atomic mass is 9.53. The number of fused-ring (bicyclic) bond motifs is 8. The first-order chi connectivity index (χ1) is 39.4. The zero-order chi connectivity index (χ0) is 54.2. The summed E-state index contributed by atoms with van der Waals surface area (Å²) in [7, 11) is 0. The lowest BCUT2D eigenvalue weighted by Crippen LogP contribution is -2.45. The van der Waals surface area contributed by atoms with Gasteiger partial charge in [-0.15, -0.1) is 0 Å². The molecule has 11 aromatic carbocycles. The van der Waals surface area contributed by atoms with Crippen LogP contribution in [0.1, 0.15) is 61.1 Å². The van der Waals surface area contributed by atoms with Gasteiger partial charge in [-0.25, -0.2) is 15.0 Å². The lowest BCUT2D eigenvalue weighted by Gasteiger charge is -2.52. The fraction of sp³-hybridized carbons (Fsp3) is 0.0800. The smallest absolute Gasteiger partial charge is 0.164 e. The van der Waals surface area contributed by atoms with Crippen molar-refractivity contribution in [2.45, 2.75) is 38.5 Å². The highest BCUT2D eigenvalue weighted by atomic mass is 15.2. The number of nitrogens with zero attached hydrogens (tertiary/aromatic N) is 5. The molecule has 2 aliphatic rings. The summed E-state index contributed by atoms with van der Waals surface area (Å²) >= 11 is 0. The van der Waals surface area contributed by atoms with E-state index in [4.69, 9.17) is 15.0 Å². The normalized spacial score (nSPS) is 14.4. The predicted octanol–water partition coefficient (Wildman–Crippen LogP) is 19.5. The number of hydrogen-bond donors (Lipinski definition) is 0. The number of aromatic nitrogens is 3. The van der Waals surface area contributed by atoms with Gasteiger partial charge < -0.3 is 9.80 Å². The first-order valence-corrected chi connectivity index (χ1v) is 27.8. The lowest BCUT2D eigenvalue weighted by molar-refractivity contribution is 0.556. The Morgan fingerprint density at radius 3 is 1.19 bits per heavy atom. The van der Waals surface area contributed by atoms with Crippen molar-refractivity contribution >= 4 is 34.1 Å². The Bertz CT molecular complexity index is 4010. The Hall–Kier alpha value is -9.97. The molecule has 5 nitrogen and oxygen atoms in total. The number of hydrogen-bond acceptors (Lipinski definition) is 5. The third-order valence-corrected chi connectivity index (χ3v) is 16.0. The van der Waals surface area contributed by atoms with Gasteiger partial charge in [-0.05, 0) is 128 Å². The summed E-state index contributed by atoms with van der Waals surface area (Å²) in [5.41, 5.74) is 20.2. The summed E-state index contributed by atoms with van der Waals surface area (Å²) in [6.45, 7) is 8.80. The minimum Gasteiger partial charge on any atom is -0.310 e. The number of benzene rings is 11. The highest BCUT2D eigenvalue weighted by molar-refractivity contribution is 5.93. The fourth-order valence-corrected chi connectivity index (χ4v) is 12.3. The molecule has 0 N–H and O–H groups in total. The molecule has 5 heteroatoms. The molecule has 14 rings (SSSR count). The molecule has 80 heavy (non-hydrogen) atoms. The standard InChI is InChI=1S/C73H53N5.C2H6/c1-72(2)61-32-18-19-33-62(61)73(63-46-45-60(49-65(63)72)77(58-41-36-52(37-42-58)50-22-8-3-9-23-50)59-43-38-53(39-44-59)51-24-10-4-11-25-51)64-34-20-21-35-67(64)78(57-30-16-7-17-31-57)68-47-40-56(48-66(68)73)71-75-69(54-26-12-5-13-27-54)74-70(76-71)55-28-14-6-15-29-55;1-2/h3-49H,1-2H3;1-2H3. The molecule has 0 amide bonds. The second-order valence-corrected chi connectivity index (χ2v) is 20.8. The molecule has 384 valence electrons. The van der Waals surface area contributed by atoms with Crippen LogP contribution in [0.4, 0.5) is 34.1 Å². The average molecular weight is 1030 g/mol. The van der Waals surface area contributed by atoms with E-state index in [2.05, 4.69) is 272 Å². The van der Waals surface area contributed by atoms with Gasteiger partial charge >= 0.3 is 0 Å². The highest BCUT2D eigenvalue weighted by Gasteiger charge is 2.53. The predicted molar refractivity (Wildman–Crippen MR) is 332 cm³/mol. The minimum absolute atomic E-state index is 0.417. The van der Waals surface area contributed by atoms with E-state index >= 15 is 0 Å². The van der Waals surface area contributed by atoms with Gasteiger partial charge in [0.15, 0.2) is 17.5 Å². The first kappa shape index (κ1) is 49.6. The zero-order valence-electron chi connectivity index (χ0n) is 45.4. The van der Waals surface area contributed by atoms with E-state index in [1.165, 1.54) is 50.1 Å². The Morgan fingerprint density at radius 2 is 0.662 bits per heavy atom. The summed E-state index contributed by atoms with van der Waals surface area (Å²) in [6.07, 6.45) is 0. The van der Waals surface area contributed by atoms with Gasteiger partial charge in [-0.2, -0.15) is 0 Å². The van der Waals surface area contributed by atoms with Crippen LogP contribution in [0.5, 0.6) is 0 Å². The Morgan fingerprint density at radius 1 is 0.287 bits per heavy atom. The van der Waals surface area contributed by atoms with Gasteiger partial charge in [-0.3, -0.25) is 0 Å². The second-order valence-electron chi connectivity index (χ2n) is 20.8. The second kappa shape index (κ2) is 20.8. The Balaban J connectivity index is 0.00000299. The van der Waals surface area contributed by atoms with Crippen LogP contribution in [0.25, 0.3) is 56.4 Å². The van der Waals surface area contributed by atoms with Gasteiger partial charge in [0, 0.05) is 44.9 Å². The fourth-order valence-electron chi connectivity index (χ4n) is 12.3. The van der Waals surface area contributed by atoms with Crippen molar-refractivity contribution in [3.05, 3.63) is 318 Å². The van der Waals surface area contributed by atoms with Crippen molar-refractivity contribution in [3.8, 4) is 56.4 Å². The molecule has 1 aliphatic heterocycles. The molecule has 0 radical (unpaired) electrons. The summed E-state index contributed by atoms with van der Waals surface area (Å²) in [4.78, 5) is 20.6. The molecule has 0 saturated heterocycles. The van der Waals surface area contributed by atoms with Crippen LogP contribution in [-0.4, -0.2) is 15.0 Å². The van der Waals surface area contributed by atoms with Crippen LogP contribution in [-0.2, 0) is 10.8 Å². The molecular weight excluding hydrogens is 971 g/mol. The Kier molecular flexibility index (Phi) is 12.9. The molecule has 0 bridgehead atoms. The third-order valence-electron chi connectivity index (χ3n) is 16.0. The first-order valence-electron chi connectivity index (χ1n) is 27.8. The molecule has 12 aromatic rings. The van der Waals surface area contributed by atoms with Crippen LogP contribution in [0.3, 0.4) is 0 Å². The number of rotatable bonds is 9. The van der Waals surface area contributed by atoms with E-state index in [1.807, 2.05) is 50.2 Å².